The maximum Gasteiger partial charge on any atom is 0.397 e. The molecule has 1 fully saturated rings. The van der Waals surface area contributed by atoms with E-state index in [4.69, 9.17) is 4.74 Å². The highest BCUT2D eigenvalue weighted by Crippen LogP contribution is 2.38. The first kappa shape index (κ1) is 29.8. The average Bonchev–Trinajstić information content (AvgIpc) is 2.94. The molecule has 0 aliphatic heterocycles. The molecule has 0 N–H and O–H groups in total. The van der Waals surface area contributed by atoms with Gasteiger partial charge in [0.15, 0.2) is 23.1 Å². The van der Waals surface area contributed by atoms with Crippen molar-refractivity contribution >= 4 is 0 Å². The van der Waals surface area contributed by atoms with Crippen LogP contribution in [0.15, 0.2) is 48.5 Å². The topological polar surface area (TPSA) is 18.5 Å². The van der Waals surface area contributed by atoms with Crippen molar-refractivity contribution in [2.24, 2.45) is 11.8 Å². The molecular weight excluding hydrogens is 530 g/mol. The number of ether oxygens (including phenoxy) is 2. The molecular formula is C32H34F6O2. The number of benzene rings is 3. The molecule has 3 aromatic rings. The van der Waals surface area contributed by atoms with Gasteiger partial charge in [0.2, 0.25) is 11.6 Å². The molecule has 4 rings (SSSR count). The van der Waals surface area contributed by atoms with E-state index in [1.165, 1.54) is 36.4 Å². The maximum atomic E-state index is 14.9. The van der Waals surface area contributed by atoms with E-state index in [2.05, 4.69) is 11.7 Å². The number of rotatable bonds is 11. The molecule has 0 bridgehead atoms. The lowest BCUT2D eigenvalue weighted by Crippen LogP contribution is -2.27. The van der Waals surface area contributed by atoms with Gasteiger partial charge in [-0.05, 0) is 60.6 Å². The second-order valence-electron chi connectivity index (χ2n) is 10.4. The van der Waals surface area contributed by atoms with Gasteiger partial charge in [-0.3, -0.25) is 0 Å². The fourth-order valence-corrected chi connectivity index (χ4v) is 5.49. The molecule has 0 amide bonds. The zero-order chi connectivity index (χ0) is 28.9. The van der Waals surface area contributed by atoms with Crippen LogP contribution in [-0.2, 0) is 0 Å². The SMILES string of the molecule is CCCC1CCC(CCC(F)(F)Oc2ccc(-c3ccc(-c4ccc(OCC)c(F)c4F)cc3)c(F)c2F)CC1. The predicted octanol–water partition coefficient (Wildman–Crippen LogP) is 10.3. The third kappa shape index (κ3) is 6.94. The summed E-state index contributed by atoms with van der Waals surface area (Å²) in [5.41, 5.74) is 0.326. The molecule has 216 valence electrons. The number of hydrogen-bond donors (Lipinski definition) is 0. The quantitative estimate of drug-likeness (QED) is 0.216. The van der Waals surface area contributed by atoms with E-state index in [-0.39, 0.29) is 41.4 Å². The Morgan fingerprint density at radius 3 is 1.62 bits per heavy atom. The highest BCUT2D eigenvalue weighted by atomic mass is 19.3. The average molecular weight is 565 g/mol. The van der Waals surface area contributed by atoms with Crippen molar-refractivity contribution in [1.29, 1.82) is 0 Å². The molecule has 0 radical (unpaired) electrons. The van der Waals surface area contributed by atoms with Crippen LogP contribution in [0, 0.1) is 35.1 Å². The standard InChI is InChI=1S/C32H34F6O2/c1-3-5-20-6-8-21(9-7-20)18-19-32(37,38)40-27-17-15-25(29(34)31(27)36)23-12-10-22(11-13-23)24-14-16-26(39-4-2)30(35)28(24)33/h10-17,20-21H,3-9,18-19H2,1-2H3. The Kier molecular flexibility index (Phi) is 9.69. The fraction of sp³-hybridized carbons (Fsp3) is 0.438. The van der Waals surface area contributed by atoms with Gasteiger partial charge in [-0.25, -0.2) is 8.78 Å². The van der Waals surface area contributed by atoms with E-state index in [0.717, 1.165) is 50.7 Å². The molecule has 0 unspecified atom stereocenters. The smallest absolute Gasteiger partial charge is 0.397 e. The second-order valence-corrected chi connectivity index (χ2v) is 10.4. The first-order chi connectivity index (χ1) is 19.1. The zero-order valence-electron chi connectivity index (χ0n) is 22.7. The Labute approximate surface area is 231 Å². The predicted molar refractivity (Wildman–Crippen MR) is 143 cm³/mol. The minimum Gasteiger partial charge on any atom is -0.491 e. The van der Waals surface area contributed by atoms with Crippen LogP contribution in [-0.4, -0.2) is 12.7 Å². The van der Waals surface area contributed by atoms with Crippen LogP contribution in [0.25, 0.3) is 22.3 Å². The van der Waals surface area contributed by atoms with Gasteiger partial charge in [0.1, 0.15) is 0 Å². The van der Waals surface area contributed by atoms with Crippen LogP contribution in [0.4, 0.5) is 26.3 Å². The minimum atomic E-state index is -3.63. The summed E-state index contributed by atoms with van der Waals surface area (Å²) in [5, 5.41) is 0. The van der Waals surface area contributed by atoms with Gasteiger partial charge in [0, 0.05) is 11.1 Å². The molecule has 0 aromatic heterocycles. The lowest BCUT2D eigenvalue weighted by molar-refractivity contribution is -0.185. The highest BCUT2D eigenvalue weighted by Gasteiger charge is 2.35. The van der Waals surface area contributed by atoms with Crippen LogP contribution in [0.1, 0.15) is 65.2 Å². The van der Waals surface area contributed by atoms with Crippen molar-refractivity contribution < 1.29 is 35.8 Å². The molecule has 3 aromatic carbocycles. The summed E-state index contributed by atoms with van der Waals surface area (Å²) < 4.78 is 97.4. The number of halogens is 6. The van der Waals surface area contributed by atoms with Crippen molar-refractivity contribution in [1.82, 2.24) is 0 Å². The highest BCUT2D eigenvalue weighted by molar-refractivity contribution is 5.72. The van der Waals surface area contributed by atoms with Gasteiger partial charge < -0.3 is 9.47 Å². The van der Waals surface area contributed by atoms with Gasteiger partial charge >= 0.3 is 6.11 Å². The van der Waals surface area contributed by atoms with Crippen molar-refractivity contribution in [2.75, 3.05) is 6.61 Å². The van der Waals surface area contributed by atoms with E-state index in [1.807, 2.05) is 0 Å². The van der Waals surface area contributed by atoms with Gasteiger partial charge in [-0.2, -0.15) is 17.6 Å². The minimum absolute atomic E-state index is 0.0286. The van der Waals surface area contributed by atoms with Gasteiger partial charge in [-0.15, -0.1) is 0 Å². The summed E-state index contributed by atoms with van der Waals surface area (Å²) >= 11 is 0. The van der Waals surface area contributed by atoms with Crippen molar-refractivity contribution in [3.8, 4) is 33.8 Å². The Hall–Kier alpha value is -3.16. The van der Waals surface area contributed by atoms with Crippen molar-refractivity contribution in [3.05, 3.63) is 71.8 Å². The largest absolute Gasteiger partial charge is 0.491 e. The zero-order valence-corrected chi connectivity index (χ0v) is 22.7. The third-order valence-corrected chi connectivity index (χ3v) is 7.67. The van der Waals surface area contributed by atoms with E-state index in [9.17, 15) is 26.3 Å². The Bertz CT molecular complexity index is 1280. The van der Waals surface area contributed by atoms with Crippen molar-refractivity contribution in [2.45, 2.75) is 71.3 Å². The van der Waals surface area contributed by atoms with E-state index >= 15 is 0 Å². The molecule has 0 saturated heterocycles. The van der Waals surface area contributed by atoms with Crippen molar-refractivity contribution in [3.63, 3.8) is 0 Å². The first-order valence-corrected chi connectivity index (χ1v) is 13.9. The second kappa shape index (κ2) is 13.0. The Balaban J connectivity index is 1.43. The Morgan fingerprint density at radius 1 is 0.650 bits per heavy atom. The van der Waals surface area contributed by atoms with Crippen LogP contribution < -0.4 is 9.47 Å². The molecule has 8 heteroatoms. The first-order valence-electron chi connectivity index (χ1n) is 13.9. The summed E-state index contributed by atoms with van der Waals surface area (Å²) in [7, 11) is 0. The molecule has 0 spiro atoms. The van der Waals surface area contributed by atoms with E-state index in [0.29, 0.717) is 11.5 Å². The molecule has 1 saturated carbocycles. The van der Waals surface area contributed by atoms with Gasteiger partial charge in [0.25, 0.3) is 0 Å². The third-order valence-electron chi connectivity index (χ3n) is 7.67. The summed E-state index contributed by atoms with van der Waals surface area (Å²) in [6.07, 6.45) is 2.24. The fourth-order valence-electron chi connectivity index (χ4n) is 5.49. The van der Waals surface area contributed by atoms with Crippen LogP contribution in [0.5, 0.6) is 11.5 Å². The van der Waals surface area contributed by atoms with Crippen LogP contribution >= 0.6 is 0 Å². The Morgan fingerprint density at radius 2 is 1.12 bits per heavy atom. The summed E-state index contributed by atoms with van der Waals surface area (Å²) in [6, 6.07) is 10.5. The monoisotopic (exact) mass is 564 g/mol. The summed E-state index contributed by atoms with van der Waals surface area (Å²) in [4.78, 5) is 0. The molecule has 1 aliphatic rings. The lowest BCUT2D eigenvalue weighted by atomic mass is 9.78. The molecule has 0 atom stereocenters. The summed E-state index contributed by atoms with van der Waals surface area (Å²) in [5.74, 6) is -5.29. The molecule has 0 heterocycles. The maximum absolute atomic E-state index is 14.9. The van der Waals surface area contributed by atoms with Crippen LogP contribution in [0.3, 0.4) is 0 Å². The van der Waals surface area contributed by atoms with Gasteiger partial charge in [-0.1, -0.05) is 69.7 Å². The summed E-state index contributed by atoms with van der Waals surface area (Å²) in [6.45, 7) is 3.97. The molecule has 40 heavy (non-hydrogen) atoms. The van der Waals surface area contributed by atoms with Crippen LogP contribution in [0.2, 0.25) is 0 Å². The van der Waals surface area contributed by atoms with E-state index < -0.39 is 41.5 Å². The number of alkyl halides is 2. The van der Waals surface area contributed by atoms with Gasteiger partial charge in [0.05, 0.1) is 13.0 Å². The van der Waals surface area contributed by atoms with E-state index in [1.54, 1.807) is 6.92 Å². The molecule has 2 nitrogen and oxygen atoms in total. The molecule has 1 aliphatic carbocycles. The lowest BCUT2D eigenvalue weighted by Gasteiger charge is -2.29. The normalized spacial score (nSPS) is 17.6. The number of hydrogen-bond acceptors (Lipinski definition) is 2.